The smallest absolute Gasteiger partial charge is 0.272 e. The first-order chi connectivity index (χ1) is 11.2. The molecule has 0 aromatic carbocycles. The Kier molecular flexibility index (Phi) is 3.95. The summed E-state index contributed by atoms with van der Waals surface area (Å²) in [6.45, 7) is 0.575. The summed E-state index contributed by atoms with van der Waals surface area (Å²) in [5.41, 5.74) is 2.97. The Balaban J connectivity index is 1.48. The van der Waals surface area contributed by atoms with Gasteiger partial charge in [0.2, 0.25) is 0 Å². The maximum Gasteiger partial charge on any atom is 0.272 e. The molecular formula is C17H22N4OS. The number of aromatic nitrogens is 2. The van der Waals surface area contributed by atoms with Gasteiger partial charge in [0.1, 0.15) is 0 Å². The molecule has 5 nitrogen and oxygen atoms in total. The van der Waals surface area contributed by atoms with Gasteiger partial charge in [-0.3, -0.25) is 9.48 Å². The van der Waals surface area contributed by atoms with Crippen molar-refractivity contribution in [2.75, 3.05) is 0 Å². The average molecular weight is 330 g/mol. The topological polar surface area (TPSA) is 59.0 Å². The van der Waals surface area contributed by atoms with E-state index in [4.69, 9.17) is 0 Å². The van der Waals surface area contributed by atoms with Crippen LogP contribution in [0.1, 0.15) is 45.9 Å². The third-order valence-corrected chi connectivity index (χ3v) is 5.60. The normalized spacial score (nSPS) is 20.3. The minimum Gasteiger partial charge on any atom is -0.346 e. The summed E-state index contributed by atoms with van der Waals surface area (Å²) in [7, 11) is 1.95. The zero-order valence-corrected chi connectivity index (χ0v) is 14.2. The summed E-state index contributed by atoms with van der Waals surface area (Å²) in [5, 5.41) is 13.2. The van der Waals surface area contributed by atoms with Crippen LogP contribution in [0.25, 0.3) is 0 Å². The Bertz CT molecular complexity index is 703. The van der Waals surface area contributed by atoms with Gasteiger partial charge in [0, 0.05) is 35.3 Å². The van der Waals surface area contributed by atoms with E-state index in [9.17, 15) is 4.79 Å². The van der Waals surface area contributed by atoms with Crippen molar-refractivity contribution in [1.29, 1.82) is 0 Å². The van der Waals surface area contributed by atoms with E-state index in [1.165, 1.54) is 18.5 Å². The monoisotopic (exact) mass is 330 g/mol. The van der Waals surface area contributed by atoms with Crippen LogP contribution in [0.3, 0.4) is 0 Å². The minimum atomic E-state index is -0.0534. The van der Waals surface area contributed by atoms with Crippen LogP contribution >= 0.6 is 11.3 Å². The molecule has 1 unspecified atom stereocenters. The van der Waals surface area contributed by atoms with Crippen molar-refractivity contribution in [3.8, 4) is 0 Å². The quantitative estimate of drug-likeness (QED) is 0.882. The Morgan fingerprint density at radius 2 is 2.26 bits per heavy atom. The number of fused-ring (bicyclic) bond motifs is 1. The van der Waals surface area contributed by atoms with Crippen molar-refractivity contribution >= 4 is 17.2 Å². The fourth-order valence-corrected chi connectivity index (χ4v) is 4.01. The molecule has 1 atom stereocenters. The van der Waals surface area contributed by atoms with E-state index in [2.05, 4.69) is 15.7 Å². The predicted molar refractivity (Wildman–Crippen MR) is 90.7 cm³/mol. The largest absolute Gasteiger partial charge is 0.346 e. The van der Waals surface area contributed by atoms with Gasteiger partial charge in [0.15, 0.2) is 5.69 Å². The number of carbonyl (C=O) groups is 1. The van der Waals surface area contributed by atoms with E-state index in [1.54, 1.807) is 11.3 Å². The zero-order valence-electron chi connectivity index (χ0n) is 13.3. The number of thiophene rings is 1. The first kappa shape index (κ1) is 14.9. The summed E-state index contributed by atoms with van der Waals surface area (Å²) in [5.74, 6) is -0.0534. The van der Waals surface area contributed by atoms with Crippen molar-refractivity contribution in [2.45, 2.75) is 50.7 Å². The lowest BCUT2D eigenvalue weighted by Crippen LogP contribution is -2.36. The summed E-state index contributed by atoms with van der Waals surface area (Å²) in [6.07, 6.45) is 5.65. The molecular weight excluding hydrogens is 308 g/mol. The van der Waals surface area contributed by atoms with E-state index >= 15 is 0 Å². The van der Waals surface area contributed by atoms with Crippen LogP contribution in [0.4, 0.5) is 0 Å². The molecule has 0 spiro atoms. The molecule has 0 saturated heterocycles. The van der Waals surface area contributed by atoms with E-state index < -0.39 is 0 Å². The summed E-state index contributed by atoms with van der Waals surface area (Å²) in [6, 6.07) is 5.23. The maximum atomic E-state index is 12.6. The van der Waals surface area contributed by atoms with Crippen LogP contribution in [-0.4, -0.2) is 27.8 Å². The second-order valence-corrected chi connectivity index (χ2v) is 7.57. The van der Waals surface area contributed by atoms with Gasteiger partial charge >= 0.3 is 0 Å². The van der Waals surface area contributed by atoms with Crippen molar-refractivity contribution in [1.82, 2.24) is 20.4 Å². The van der Waals surface area contributed by atoms with E-state index in [1.807, 2.05) is 29.2 Å². The van der Waals surface area contributed by atoms with Gasteiger partial charge in [-0.25, -0.2) is 0 Å². The second-order valence-electron chi connectivity index (χ2n) is 6.54. The molecule has 0 aliphatic heterocycles. The maximum absolute atomic E-state index is 12.6. The zero-order chi connectivity index (χ0) is 15.8. The molecule has 4 rings (SSSR count). The van der Waals surface area contributed by atoms with Crippen LogP contribution in [-0.2, 0) is 26.4 Å². The summed E-state index contributed by atoms with van der Waals surface area (Å²) in [4.78, 5) is 13.7. The number of carbonyl (C=O) groups excluding carboxylic acids is 1. The third kappa shape index (κ3) is 3.19. The molecule has 1 amide bonds. The first-order valence-electron chi connectivity index (χ1n) is 8.32. The predicted octanol–water partition coefficient (Wildman–Crippen LogP) is 2.02. The van der Waals surface area contributed by atoms with Crippen LogP contribution in [0, 0.1) is 0 Å². The van der Waals surface area contributed by atoms with Crippen molar-refractivity contribution in [2.24, 2.45) is 7.05 Å². The number of nitrogens with zero attached hydrogens (tertiary/aromatic N) is 2. The van der Waals surface area contributed by atoms with Crippen LogP contribution in [0.15, 0.2) is 17.5 Å². The fraction of sp³-hybridized carbons (Fsp3) is 0.529. The van der Waals surface area contributed by atoms with Crippen LogP contribution < -0.4 is 10.6 Å². The Morgan fingerprint density at radius 1 is 1.39 bits per heavy atom. The highest BCUT2D eigenvalue weighted by Gasteiger charge is 2.31. The first-order valence-corrected chi connectivity index (χ1v) is 9.20. The Labute approximate surface area is 140 Å². The number of rotatable bonds is 5. The van der Waals surface area contributed by atoms with E-state index in [0.29, 0.717) is 24.3 Å². The number of aryl methyl sites for hydroxylation is 1. The lowest BCUT2D eigenvalue weighted by molar-refractivity contribution is 0.0944. The molecule has 2 aromatic rings. The number of nitrogens with one attached hydrogen (secondary N) is 2. The molecule has 6 heteroatoms. The molecule has 2 aromatic heterocycles. The molecule has 0 bridgehead atoms. The fourth-order valence-electron chi connectivity index (χ4n) is 3.36. The highest BCUT2D eigenvalue weighted by molar-refractivity contribution is 7.09. The SMILES string of the molecule is Cn1nc(C(=O)NCc2cccs2)c2c1CCC(NC1CC1)C2. The molecule has 122 valence electrons. The molecule has 0 radical (unpaired) electrons. The molecule has 1 saturated carbocycles. The summed E-state index contributed by atoms with van der Waals surface area (Å²) >= 11 is 1.66. The highest BCUT2D eigenvalue weighted by atomic mass is 32.1. The molecule has 1 fully saturated rings. The van der Waals surface area contributed by atoms with Crippen molar-refractivity contribution in [3.63, 3.8) is 0 Å². The standard InChI is InChI=1S/C17H22N4OS/c1-21-15-7-6-12(19-11-4-5-11)9-14(15)16(20-21)17(22)18-10-13-3-2-8-23-13/h2-3,8,11-12,19H,4-7,9-10H2,1H3,(H,18,22). The Morgan fingerprint density at radius 3 is 3.00 bits per heavy atom. The van der Waals surface area contributed by atoms with Crippen LogP contribution in [0.5, 0.6) is 0 Å². The van der Waals surface area contributed by atoms with Gasteiger partial charge in [0.25, 0.3) is 5.91 Å². The third-order valence-electron chi connectivity index (χ3n) is 4.72. The van der Waals surface area contributed by atoms with Crippen molar-refractivity contribution in [3.05, 3.63) is 39.3 Å². The second kappa shape index (κ2) is 6.09. The lowest BCUT2D eigenvalue weighted by Gasteiger charge is -2.24. The van der Waals surface area contributed by atoms with Gasteiger partial charge in [-0.1, -0.05) is 6.07 Å². The number of hydrogen-bond donors (Lipinski definition) is 2. The Hall–Kier alpha value is -1.66. The molecule has 2 N–H and O–H groups in total. The minimum absolute atomic E-state index is 0.0534. The summed E-state index contributed by atoms with van der Waals surface area (Å²) < 4.78 is 1.89. The van der Waals surface area contributed by atoms with Gasteiger partial charge < -0.3 is 10.6 Å². The van der Waals surface area contributed by atoms with Crippen LogP contribution in [0.2, 0.25) is 0 Å². The van der Waals surface area contributed by atoms with Gasteiger partial charge in [-0.2, -0.15) is 5.10 Å². The van der Waals surface area contributed by atoms with Gasteiger partial charge in [0.05, 0.1) is 6.54 Å². The number of amides is 1. The van der Waals surface area contributed by atoms with Gasteiger partial charge in [-0.15, -0.1) is 11.3 Å². The highest BCUT2D eigenvalue weighted by Crippen LogP contribution is 2.27. The van der Waals surface area contributed by atoms with Gasteiger partial charge in [-0.05, 0) is 43.6 Å². The van der Waals surface area contributed by atoms with Crippen molar-refractivity contribution < 1.29 is 4.79 Å². The average Bonchev–Trinajstić information content (AvgIpc) is 3.09. The molecule has 2 heterocycles. The molecule has 2 aliphatic carbocycles. The van der Waals surface area contributed by atoms with E-state index in [-0.39, 0.29) is 5.91 Å². The molecule has 23 heavy (non-hydrogen) atoms. The lowest BCUT2D eigenvalue weighted by atomic mass is 9.91. The number of hydrogen-bond acceptors (Lipinski definition) is 4. The molecule has 2 aliphatic rings. The van der Waals surface area contributed by atoms with E-state index in [0.717, 1.165) is 29.7 Å².